The third-order valence-corrected chi connectivity index (χ3v) is 4.20. The van der Waals surface area contributed by atoms with Crippen molar-refractivity contribution in [3.63, 3.8) is 0 Å². The summed E-state index contributed by atoms with van der Waals surface area (Å²) in [7, 11) is 1.63. The van der Waals surface area contributed by atoms with Crippen LogP contribution in [-0.2, 0) is 0 Å². The van der Waals surface area contributed by atoms with E-state index in [-0.39, 0.29) is 5.91 Å². The maximum absolute atomic E-state index is 12.3. The molecule has 3 rings (SSSR count). The minimum Gasteiger partial charge on any atom is -0.497 e. The fourth-order valence-corrected chi connectivity index (χ4v) is 2.57. The van der Waals surface area contributed by atoms with Crippen LogP contribution in [0.3, 0.4) is 0 Å². The van der Waals surface area contributed by atoms with Crippen molar-refractivity contribution in [3.8, 4) is 5.75 Å². The van der Waals surface area contributed by atoms with Gasteiger partial charge < -0.3 is 15.4 Å². The molecule has 3 aromatic rings. The predicted octanol–water partition coefficient (Wildman–Crippen LogP) is 4.85. The molecule has 1 amide bonds. The third-order valence-electron chi connectivity index (χ3n) is 3.51. The summed E-state index contributed by atoms with van der Waals surface area (Å²) < 4.78 is 5.96. The van der Waals surface area contributed by atoms with Crippen LogP contribution >= 0.6 is 15.9 Å². The van der Waals surface area contributed by atoms with Crippen molar-refractivity contribution >= 4 is 39.0 Å². The topological polar surface area (TPSA) is 63.2 Å². The summed E-state index contributed by atoms with van der Waals surface area (Å²) in [4.78, 5) is 16.6. The van der Waals surface area contributed by atoms with E-state index in [2.05, 4.69) is 31.5 Å². The van der Waals surface area contributed by atoms with Crippen molar-refractivity contribution in [2.24, 2.45) is 0 Å². The van der Waals surface area contributed by atoms with Crippen molar-refractivity contribution in [2.75, 3.05) is 17.7 Å². The molecule has 0 aliphatic heterocycles. The van der Waals surface area contributed by atoms with Crippen molar-refractivity contribution in [1.29, 1.82) is 0 Å². The molecule has 5 nitrogen and oxygen atoms in total. The smallest absolute Gasteiger partial charge is 0.257 e. The Kier molecular flexibility index (Phi) is 5.30. The molecule has 0 radical (unpaired) electrons. The van der Waals surface area contributed by atoms with E-state index in [4.69, 9.17) is 4.74 Å². The first-order chi connectivity index (χ1) is 12.2. The van der Waals surface area contributed by atoms with E-state index in [1.54, 1.807) is 19.2 Å². The first-order valence-electron chi connectivity index (χ1n) is 7.59. The quantitative estimate of drug-likeness (QED) is 0.645. The number of para-hydroxylation sites is 1. The summed E-state index contributed by atoms with van der Waals surface area (Å²) in [6.45, 7) is 0. The van der Waals surface area contributed by atoms with E-state index < -0.39 is 0 Å². The molecule has 126 valence electrons. The highest BCUT2D eigenvalue weighted by atomic mass is 79.9. The van der Waals surface area contributed by atoms with Crippen LogP contribution in [-0.4, -0.2) is 18.0 Å². The van der Waals surface area contributed by atoms with Crippen LogP contribution < -0.4 is 15.4 Å². The van der Waals surface area contributed by atoms with E-state index in [0.29, 0.717) is 17.1 Å². The summed E-state index contributed by atoms with van der Waals surface area (Å²) in [5.41, 5.74) is 2.09. The number of hydrogen-bond acceptors (Lipinski definition) is 4. The van der Waals surface area contributed by atoms with Gasteiger partial charge in [0, 0.05) is 16.4 Å². The molecule has 2 N–H and O–H groups in total. The van der Waals surface area contributed by atoms with Gasteiger partial charge in [-0.1, -0.05) is 12.1 Å². The molecule has 0 atom stereocenters. The fourth-order valence-electron chi connectivity index (χ4n) is 2.18. The number of nitrogens with zero attached hydrogens (tertiary/aromatic N) is 1. The van der Waals surface area contributed by atoms with Crippen LogP contribution in [0, 0.1) is 0 Å². The van der Waals surface area contributed by atoms with Crippen molar-refractivity contribution in [1.82, 2.24) is 4.98 Å². The van der Waals surface area contributed by atoms with Crippen LogP contribution in [0.25, 0.3) is 0 Å². The van der Waals surface area contributed by atoms with Gasteiger partial charge in [0.05, 0.1) is 18.4 Å². The molecule has 0 unspecified atom stereocenters. The Bertz CT molecular complexity index is 865. The summed E-state index contributed by atoms with van der Waals surface area (Å²) in [6, 6.07) is 18.5. The third kappa shape index (κ3) is 4.36. The number of nitrogens with one attached hydrogen (secondary N) is 2. The number of methoxy groups -OCH3 is 1. The molecule has 0 saturated heterocycles. The molecule has 1 heterocycles. The van der Waals surface area contributed by atoms with Crippen LogP contribution in [0.4, 0.5) is 17.2 Å². The van der Waals surface area contributed by atoms with Crippen molar-refractivity contribution in [2.45, 2.75) is 0 Å². The number of ether oxygens (including phenoxy) is 1. The first-order valence-corrected chi connectivity index (χ1v) is 8.38. The second kappa shape index (κ2) is 7.81. The van der Waals surface area contributed by atoms with E-state index in [0.717, 1.165) is 15.9 Å². The summed E-state index contributed by atoms with van der Waals surface area (Å²) >= 11 is 3.41. The lowest BCUT2D eigenvalue weighted by Gasteiger charge is -2.09. The van der Waals surface area contributed by atoms with Gasteiger partial charge in [0.1, 0.15) is 11.6 Å². The average molecular weight is 398 g/mol. The molecule has 6 heteroatoms. The van der Waals surface area contributed by atoms with Gasteiger partial charge in [-0.3, -0.25) is 4.79 Å². The van der Waals surface area contributed by atoms with E-state index in [9.17, 15) is 4.79 Å². The fraction of sp³-hybridized carbons (Fsp3) is 0.0526. The predicted molar refractivity (Wildman–Crippen MR) is 103 cm³/mol. The van der Waals surface area contributed by atoms with Crippen LogP contribution in [0.15, 0.2) is 71.3 Å². The van der Waals surface area contributed by atoms with E-state index in [1.807, 2.05) is 48.5 Å². The number of hydrogen-bond donors (Lipinski definition) is 2. The standard InChI is InChI=1S/C19H16BrN3O2/c1-25-15-9-7-14(8-10-15)22-18-11-6-13(12-21-18)19(24)23-17-5-3-2-4-16(17)20/h2-12H,1H3,(H,21,22)(H,23,24). The van der Waals surface area contributed by atoms with Gasteiger partial charge in [0.2, 0.25) is 0 Å². The maximum Gasteiger partial charge on any atom is 0.257 e. The SMILES string of the molecule is COc1ccc(Nc2ccc(C(=O)Nc3ccccc3Br)cn2)cc1. The minimum atomic E-state index is -0.213. The Morgan fingerprint density at radius 3 is 2.44 bits per heavy atom. The minimum absolute atomic E-state index is 0.213. The van der Waals surface area contributed by atoms with Gasteiger partial charge in [0.25, 0.3) is 5.91 Å². The maximum atomic E-state index is 12.3. The number of carbonyl (C=O) groups excluding carboxylic acids is 1. The zero-order chi connectivity index (χ0) is 17.6. The molecule has 25 heavy (non-hydrogen) atoms. The Balaban J connectivity index is 1.67. The number of halogens is 1. The monoisotopic (exact) mass is 397 g/mol. The molecule has 0 aliphatic carbocycles. The largest absolute Gasteiger partial charge is 0.497 e. The lowest BCUT2D eigenvalue weighted by atomic mass is 10.2. The number of anilines is 3. The first kappa shape index (κ1) is 17.0. The zero-order valence-electron chi connectivity index (χ0n) is 13.5. The summed E-state index contributed by atoms with van der Waals surface area (Å²) in [6.07, 6.45) is 1.54. The number of rotatable bonds is 5. The number of aromatic nitrogens is 1. The molecular formula is C19H16BrN3O2. The van der Waals surface area contributed by atoms with Gasteiger partial charge in [-0.05, 0) is 64.5 Å². The normalized spacial score (nSPS) is 10.2. The molecule has 0 fully saturated rings. The molecule has 2 aromatic carbocycles. The molecular weight excluding hydrogens is 382 g/mol. The Morgan fingerprint density at radius 2 is 1.80 bits per heavy atom. The van der Waals surface area contributed by atoms with Crippen LogP contribution in [0.1, 0.15) is 10.4 Å². The zero-order valence-corrected chi connectivity index (χ0v) is 15.1. The second-order valence-electron chi connectivity index (χ2n) is 5.22. The summed E-state index contributed by atoms with van der Waals surface area (Å²) in [5, 5.41) is 6.02. The van der Waals surface area contributed by atoms with Gasteiger partial charge in [-0.15, -0.1) is 0 Å². The van der Waals surface area contributed by atoms with E-state index >= 15 is 0 Å². The highest BCUT2D eigenvalue weighted by Crippen LogP contribution is 2.22. The van der Waals surface area contributed by atoms with Crippen molar-refractivity contribution in [3.05, 3.63) is 76.9 Å². The van der Waals surface area contributed by atoms with Crippen LogP contribution in [0.2, 0.25) is 0 Å². The molecule has 1 aromatic heterocycles. The van der Waals surface area contributed by atoms with Gasteiger partial charge in [-0.2, -0.15) is 0 Å². The Labute approximate surface area is 154 Å². The second-order valence-corrected chi connectivity index (χ2v) is 6.07. The molecule has 0 bridgehead atoms. The highest BCUT2D eigenvalue weighted by molar-refractivity contribution is 9.10. The number of amides is 1. The number of carbonyl (C=O) groups is 1. The van der Waals surface area contributed by atoms with Gasteiger partial charge in [0.15, 0.2) is 0 Å². The number of benzene rings is 2. The van der Waals surface area contributed by atoms with Gasteiger partial charge >= 0.3 is 0 Å². The number of pyridine rings is 1. The highest BCUT2D eigenvalue weighted by Gasteiger charge is 2.08. The molecule has 0 aliphatic rings. The lowest BCUT2D eigenvalue weighted by Crippen LogP contribution is -2.12. The molecule has 0 saturated carbocycles. The van der Waals surface area contributed by atoms with E-state index in [1.165, 1.54) is 6.20 Å². The summed E-state index contributed by atoms with van der Waals surface area (Å²) in [5.74, 6) is 1.23. The Morgan fingerprint density at radius 1 is 1.04 bits per heavy atom. The van der Waals surface area contributed by atoms with Gasteiger partial charge in [-0.25, -0.2) is 4.98 Å². The molecule has 0 spiro atoms. The van der Waals surface area contributed by atoms with Crippen molar-refractivity contribution < 1.29 is 9.53 Å². The van der Waals surface area contributed by atoms with Crippen LogP contribution in [0.5, 0.6) is 5.75 Å². The Hall–Kier alpha value is -2.86. The lowest BCUT2D eigenvalue weighted by molar-refractivity contribution is 0.102. The average Bonchev–Trinajstić information content (AvgIpc) is 2.65.